The maximum atomic E-state index is 5.73. The van der Waals surface area contributed by atoms with Crippen LogP contribution in [-0.2, 0) is 19.5 Å². The van der Waals surface area contributed by atoms with Gasteiger partial charge in [0.1, 0.15) is 11.6 Å². The van der Waals surface area contributed by atoms with E-state index in [-0.39, 0.29) is 0 Å². The first-order valence-electron chi connectivity index (χ1n) is 5.39. The number of aromatic nitrogens is 3. The summed E-state index contributed by atoms with van der Waals surface area (Å²) in [5, 5.41) is 0. The van der Waals surface area contributed by atoms with E-state index >= 15 is 0 Å². The summed E-state index contributed by atoms with van der Waals surface area (Å²) in [6.07, 6.45) is 5.54. The summed E-state index contributed by atoms with van der Waals surface area (Å²) in [5.74, 6) is 2.42. The Hall–Kier alpha value is -1.55. The third-order valence-electron chi connectivity index (χ3n) is 2.65. The van der Waals surface area contributed by atoms with Gasteiger partial charge < -0.3 is 9.47 Å². The lowest BCUT2D eigenvalue weighted by Gasteiger charge is -2.17. The van der Waals surface area contributed by atoms with Crippen LogP contribution in [0.2, 0.25) is 0 Å². The summed E-state index contributed by atoms with van der Waals surface area (Å²) in [5.41, 5.74) is 1.03. The van der Waals surface area contributed by atoms with Gasteiger partial charge in [-0.05, 0) is 11.6 Å². The molecule has 0 radical (unpaired) electrons. The zero-order chi connectivity index (χ0) is 12.3. The average molecular weight is 251 g/mol. The fourth-order valence-electron chi connectivity index (χ4n) is 1.56. The minimum Gasteiger partial charge on any atom is -0.352 e. The maximum absolute atomic E-state index is 5.73. The van der Waals surface area contributed by atoms with Crippen molar-refractivity contribution in [1.82, 2.24) is 14.5 Å². The van der Waals surface area contributed by atoms with E-state index < -0.39 is 0 Å². The second-order valence-corrected chi connectivity index (χ2v) is 4.24. The Labute approximate surface area is 106 Å². The normalized spacial score (nSPS) is 10.5. The number of hydrogen-bond acceptors (Lipinski definition) is 3. The van der Waals surface area contributed by atoms with Crippen molar-refractivity contribution >= 4 is 17.4 Å². The Morgan fingerprint density at radius 1 is 1.35 bits per heavy atom. The molecule has 0 aliphatic rings. The molecule has 0 saturated heterocycles. The molecule has 0 spiro atoms. The maximum Gasteiger partial charge on any atom is 0.128 e. The standard InChI is InChI=1S/C12H15ClN4/c1-16-6-5-14-12(16)9-17(2)11-4-3-10(7-13)8-15-11/h3-6,8H,7,9H2,1-2H3. The van der Waals surface area contributed by atoms with E-state index in [0.29, 0.717) is 5.88 Å². The van der Waals surface area contributed by atoms with Crippen molar-refractivity contribution in [1.29, 1.82) is 0 Å². The number of hydrogen-bond donors (Lipinski definition) is 0. The van der Waals surface area contributed by atoms with Crippen LogP contribution in [0.4, 0.5) is 5.82 Å². The van der Waals surface area contributed by atoms with Crippen LogP contribution in [0.1, 0.15) is 11.4 Å². The van der Waals surface area contributed by atoms with Crippen LogP contribution >= 0.6 is 11.6 Å². The molecule has 2 heterocycles. The predicted molar refractivity (Wildman–Crippen MR) is 69.1 cm³/mol. The lowest BCUT2D eigenvalue weighted by molar-refractivity contribution is 0.755. The van der Waals surface area contributed by atoms with Crippen molar-refractivity contribution in [2.24, 2.45) is 7.05 Å². The lowest BCUT2D eigenvalue weighted by atomic mass is 10.3. The van der Waals surface area contributed by atoms with Crippen molar-refractivity contribution in [3.8, 4) is 0 Å². The largest absolute Gasteiger partial charge is 0.352 e. The van der Waals surface area contributed by atoms with Crippen molar-refractivity contribution in [2.45, 2.75) is 12.4 Å². The van der Waals surface area contributed by atoms with E-state index in [1.54, 1.807) is 12.4 Å². The number of rotatable bonds is 4. The molecule has 0 amide bonds. The molecule has 2 aromatic rings. The van der Waals surface area contributed by atoms with Gasteiger partial charge in [0, 0.05) is 38.6 Å². The Balaban J connectivity index is 2.09. The first-order valence-corrected chi connectivity index (χ1v) is 5.92. The molecule has 0 aliphatic carbocycles. The van der Waals surface area contributed by atoms with Crippen LogP contribution in [0.5, 0.6) is 0 Å². The highest BCUT2D eigenvalue weighted by Crippen LogP contribution is 2.13. The van der Waals surface area contributed by atoms with Gasteiger partial charge in [0.05, 0.1) is 6.54 Å². The summed E-state index contributed by atoms with van der Waals surface area (Å²) in [6, 6.07) is 3.96. The van der Waals surface area contributed by atoms with Gasteiger partial charge in [-0.25, -0.2) is 9.97 Å². The molecule has 0 aromatic carbocycles. The molecule has 2 rings (SSSR count). The van der Waals surface area contributed by atoms with E-state index in [4.69, 9.17) is 11.6 Å². The van der Waals surface area contributed by atoms with E-state index in [0.717, 1.165) is 23.8 Å². The highest BCUT2D eigenvalue weighted by Gasteiger charge is 2.06. The first kappa shape index (κ1) is 11.9. The van der Waals surface area contributed by atoms with Crippen molar-refractivity contribution in [3.05, 3.63) is 42.1 Å². The number of imidazole rings is 1. The summed E-state index contributed by atoms with van der Waals surface area (Å²) in [6.45, 7) is 0.733. The van der Waals surface area contributed by atoms with E-state index in [9.17, 15) is 0 Å². The van der Waals surface area contributed by atoms with Gasteiger partial charge in [0.25, 0.3) is 0 Å². The van der Waals surface area contributed by atoms with Crippen molar-refractivity contribution < 1.29 is 0 Å². The monoisotopic (exact) mass is 250 g/mol. The summed E-state index contributed by atoms with van der Waals surface area (Å²) in [7, 11) is 3.98. The summed E-state index contributed by atoms with van der Waals surface area (Å²) < 4.78 is 2.00. The summed E-state index contributed by atoms with van der Waals surface area (Å²) in [4.78, 5) is 10.7. The first-order chi connectivity index (χ1) is 8.20. The molecule has 17 heavy (non-hydrogen) atoms. The highest BCUT2D eigenvalue weighted by molar-refractivity contribution is 6.17. The van der Waals surface area contributed by atoms with Gasteiger partial charge in [0.15, 0.2) is 0 Å². The van der Waals surface area contributed by atoms with Gasteiger partial charge in [-0.3, -0.25) is 0 Å². The topological polar surface area (TPSA) is 34.0 Å². The van der Waals surface area contributed by atoms with Gasteiger partial charge in [-0.2, -0.15) is 0 Å². The molecular formula is C12H15ClN4. The average Bonchev–Trinajstić information content (AvgIpc) is 2.75. The lowest BCUT2D eigenvalue weighted by Crippen LogP contribution is -2.19. The molecule has 0 aliphatic heterocycles. The minimum absolute atomic E-state index is 0.496. The van der Waals surface area contributed by atoms with E-state index in [1.165, 1.54) is 0 Å². The number of alkyl halides is 1. The number of anilines is 1. The summed E-state index contributed by atoms with van der Waals surface area (Å²) >= 11 is 5.73. The molecule has 0 saturated carbocycles. The third kappa shape index (κ3) is 2.77. The second kappa shape index (κ2) is 5.19. The van der Waals surface area contributed by atoms with Gasteiger partial charge in [-0.1, -0.05) is 6.07 Å². The number of pyridine rings is 1. The van der Waals surface area contributed by atoms with Crippen LogP contribution in [0.25, 0.3) is 0 Å². The third-order valence-corrected chi connectivity index (χ3v) is 2.96. The molecule has 0 bridgehead atoms. The zero-order valence-electron chi connectivity index (χ0n) is 9.97. The SMILES string of the molecule is CN(Cc1nccn1C)c1ccc(CCl)cn1. The fraction of sp³-hybridized carbons (Fsp3) is 0.333. The number of halogens is 1. The molecular weight excluding hydrogens is 236 g/mol. The smallest absolute Gasteiger partial charge is 0.128 e. The van der Waals surface area contributed by atoms with Crippen LogP contribution in [0, 0.1) is 0 Å². The van der Waals surface area contributed by atoms with Crippen LogP contribution in [-0.4, -0.2) is 21.6 Å². The van der Waals surface area contributed by atoms with Gasteiger partial charge in [-0.15, -0.1) is 11.6 Å². The molecule has 4 nitrogen and oxygen atoms in total. The molecule has 0 atom stereocenters. The zero-order valence-corrected chi connectivity index (χ0v) is 10.7. The number of aryl methyl sites for hydroxylation is 1. The fourth-order valence-corrected chi connectivity index (χ4v) is 1.72. The molecule has 90 valence electrons. The van der Waals surface area contributed by atoms with Crippen LogP contribution in [0.3, 0.4) is 0 Å². The van der Waals surface area contributed by atoms with Crippen molar-refractivity contribution in [2.75, 3.05) is 11.9 Å². The van der Waals surface area contributed by atoms with Crippen LogP contribution < -0.4 is 4.90 Å². The molecule has 5 heteroatoms. The molecule has 2 aromatic heterocycles. The Kier molecular flexibility index (Phi) is 3.64. The van der Waals surface area contributed by atoms with E-state index in [2.05, 4.69) is 14.9 Å². The predicted octanol–water partition coefficient (Wildman–Crippen LogP) is 2.19. The quantitative estimate of drug-likeness (QED) is 0.780. The van der Waals surface area contributed by atoms with Gasteiger partial charge in [0.2, 0.25) is 0 Å². The Morgan fingerprint density at radius 3 is 2.71 bits per heavy atom. The Bertz CT molecular complexity index is 478. The van der Waals surface area contributed by atoms with Crippen LogP contribution in [0.15, 0.2) is 30.7 Å². The highest BCUT2D eigenvalue weighted by atomic mass is 35.5. The Morgan fingerprint density at radius 2 is 2.18 bits per heavy atom. The molecule has 0 unspecified atom stereocenters. The second-order valence-electron chi connectivity index (χ2n) is 3.97. The van der Waals surface area contributed by atoms with Gasteiger partial charge >= 0.3 is 0 Å². The molecule has 0 N–H and O–H groups in total. The number of nitrogens with zero attached hydrogens (tertiary/aromatic N) is 4. The van der Waals surface area contributed by atoms with Crippen molar-refractivity contribution in [3.63, 3.8) is 0 Å². The van der Waals surface area contributed by atoms with E-state index in [1.807, 2.05) is 37.0 Å². The molecule has 0 fully saturated rings. The minimum atomic E-state index is 0.496.